The average Bonchev–Trinajstić information content (AvgIpc) is 3.36. The van der Waals surface area contributed by atoms with Gasteiger partial charge in [0, 0.05) is 0 Å². The summed E-state index contributed by atoms with van der Waals surface area (Å²) in [5, 5.41) is 65.1. The first-order valence-electron chi connectivity index (χ1n) is 29.8. The van der Waals surface area contributed by atoms with Crippen molar-refractivity contribution in [2.75, 3.05) is 13.2 Å². The molecule has 10 heteroatoms. The second-order valence-corrected chi connectivity index (χ2v) is 20.9. The monoisotopic (exact) mass is 992 g/mol. The maximum absolute atomic E-state index is 13.1. The minimum Gasteiger partial charge on any atom is -0.394 e. The van der Waals surface area contributed by atoms with E-state index < -0.39 is 61.5 Å². The first kappa shape index (κ1) is 66.4. The molecule has 0 aliphatic carbocycles. The molecular weight excluding hydrogens is 879 g/mol. The molecule has 1 aliphatic rings. The Bertz CT molecular complexity index is 1210. The van der Waals surface area contributed by atoms with Gasteiger partial charge in [-0.05, 0) is 51.4 Å². The Balaban J connectivity index is 2.23. The van der Waals surface area contributed by atoms with E-state index in [-0.39, 0.29) is 6.61 Å². The Kier molecular flexibility index (Phi) is 47.0. The molecule has 7 N–H and O–H groups in total. The van der Waals surface area contributed by atoms with Crippen LogP contribution in [0.1, 0.15) is 277 Å². The number of aliphatic hydroxyl groups excluding tert-OH is 6. The second kappa shape index (κ2) is 49.6. The quantitative estimate of drug-likeness (QED) is 0.0232. The number of amides is 1. The van der Waals surface area contributed by atoms with Gasteiger partial charge < -0.3 is 45.4 Å². The van der Waals surface area contributed by atoms with Gasteiger partial charge in [0.05, 0.1) is 25.4 Å². The van der Waals surface area contributed by atoms with Crippen molar-refractivity contribution in [2.45, 2.75) is 326 Å². The summed E-state index contributed by atoms with van der Waals surface area (Å²) in [6, 6.07) is -0.981. The van der Waals surface area contributed by atoms with Crippen LogP contribution in [0.3, 0.4) is 0 Å². The molecule has 1 fully saturated rings. The summed E-state index contributed by atoms with van der Waals surface area (Å²) in [4.78, 5) is 13.1. The van der Waals surface area contributed by atoms with Gasteiger partial charge in [-0.2, -0.15) is 0 Å². The van der Waals surface area contributed by atoms with Crippen molar-refractivity contribution < 1.29 is 44.9 Å². The number of ether oxygens (including phenoxy) is 2. The SMILES string of the molecule is CCCCCCCCCCC/C=C\C/C=C\CCCCCCCCCCCCCCC(O)C(=O)NC(COC1OC(CO)C(O)C(O)C1O)C(O)/C=C/CCCCCCCCCCCCCCCCC. The van der Waals surface area contributed by atoms with Crippen LogP contribution in [-0.2, 0) is 14.3 Å². The summed E-state index contributed by atoms with van der Waals surface area (Å²) in [6.45, 7) is 3.64. The van der Waals surface area contributed by atoms with Crippen LogP contribution in [0.4, 0.5) is 0 Å². The summed E-state index contributed by atoms with van der Waals surface area (Å²) in [5.41, 5.74) is 0. The maximum atomic E-state index is 13.1. The second-order valence-electron chi connectivity index (χ2n) is 20.9. The highest BCUT2D eigenvalue weighted by molar-refractivity contribution is 5.80. The lowest BCUT2D eigenvalue weighted by Gasteiger charge is -2.40. The summed E-state index contributed by atoms with van der Waals surface area (Å²) in [7, 11) is 0. The number of aliphatic hydroxyl groups is 6. The van der Waals surface area contributed by atoms with Crippen molar-refractivity contribution in [1.29, 1.82) is 0 Å². The van der Waals surface area contributed by atoms with E-state index in [1.165, 1.54) is 205 Å². The Morgan fingerprint density at radius 1 is 0.500 bits per heavy atom. The van der Waals surface area contributed by atoms with Crippen LogP contribution in [-0.4, -0.2) is 98.7 Å². The van der Waals surface area contributed by atoms with Crippen molar-refractivity contribution in [3.63, 3.8) is 0 Å². The van der Waals surface area contributed by atoms with Gasteiger partial charge in [-0.15, -0.1) is 0 Å². The number of nitrogens with one attached hydrogen (secondary N) is 1. The van der Waals surface area contributed by atoms with Crippen molar-refractivity contribution in [1.82, 2.24) is 5.32 Å². The van der Waals surface area contributed by atoms with Gasteiger partial charge in [0.1, 0.15) is 30.5 Å². The smallest absolute Gasteiger partial charge is 0.249 e. The Hall–Kier alpha value is -1.63. The van der Waals surface area contributed by atoms with E-state index in [0.29, 0.717) is 12.8 Å². The summed E-state index contributed by atoms with van der Waals surface area (Å²) >= 11 is 0. The molecule has 412 valence electrons. The predicted molar refractivity (Wildman–Crippen MR) is 292 cm³/mol. The minimum absolute atomic E-state index is 0.305. The Labute approximate surface area is 430 Å². The summed E-state index contributed by atoms with van der Waals surface area (Å²) in [6.07, 6.45) is 53.9. The third-order valence-electron chi connectivity index (χ3n) is 14.3. The van der Waals surface area contributed by atoms with Crippen molar-refractivity contribution in [3.05, 3.63) is 36.5 Å². The van der Waals surface area contributed by atoms with Gasteiger partial charge in [-0.3, -0.25) is 4.79 Å². The number of carbonyl (C=O) groups is 1. The molecule has 0 saturated carbocycles. The molecule has 1 aliphatic heterocycles. The summed E-state index contributed by atoms with van der Waals surface area (Å²) in [5.74, 6) is -0.615. The fourth-order valence-electron chi connectivity index (χ4n) is 9.49. The molecular formula is C60H113NO9. The largest absolute Gasteiger partial charge is 0.394 e. The van der Waals surface area contributed by atoms with Crippen LogP contribution in [0.2, 0.25) is 0 Å². The molecule has 1 heterocycles. The molecule has 10 nitrogen and oxygen atoms in total. The van der Waals surface area contributed by atoms with Crippen LogP contribution in [0, 0.1) is 0 Å². The topological polar surface area (TPSA) is 169 Å². The lowest BCUT2D eigenvalue weighted by Crippen LogP contribution is -2.60. The van der Waals surface area contributed by atoms with E-state index >= 15 is 0 Å². The molecule has 1 amide bonds. The average molecular weight is 993 g/mol. The zero-order chi connectivity index (χ0) is 51.0. The highest BCUT2D eigenvalue weighted by Gasteiger charge is 2.44. The van der Waals surface area contributed by atoms with Crippen LogP contribution in [0.25, 0.3) is 0 Å². The van der Waals surface area contributed by atoms with Gasteiger partial charge in [0.25, 0.3) is 0 Å². The number of hydrogen-bond donors (Lipinski definition) is 7. The minimum atomic E-state index is -1.61. The zero-order valence-electron chi connectivity index (χ0n) is 45.4. The molecule has 70 heavy (non-hydrogen) atoms. The number of carbonyl (C=O) groups excluding carboxylic acids is 1. The van der Waals surface area contributed by atoms with Gasteiger partial charge in [0.2, 0.25) is 5.91 Å². The van der Waals surface area contributed by atoms with Gasteiger partial charge in [-0.25, -0.2) is 0 Å². The van der Waals surface area contributed by atoms with Crippen molar-refractivity contribution in [2.24, 2.45) is 0 Å². The third kappa shape index (κ3) is 38.0. The van der Waals surface area contributed by atoms with E-state index in [2.05, 4.69) is 43.5 Å². The first-order chi connectivity index (χ1) is 34.3. The Morgan fingerprint density at radius 2 is 0.871 bits per heavy atom. The third-order valence-corrected chi connectivity index (χ3v) is 14.3. The molecule has 0 radical (unpaired) electrons. The van der Waals surface area contributed by atoms with Crippen LogP contribution < -0.4 is 5.32 Å². The van der Waals surface area contributed by atoms with Gasteiger partial charge in [-0.1, -0.05) is 262 Å². The van der Waals surface area contributed by atoms with E-state index in [1.807, 2.05) is 6.08 Å². The molecule has 0 aromatic heterocycles. The fourth-order valence-corrected chi connectivity index (χ4v) is 9.49. The van der Waals surface area contributed by atoms with Crippen LogP contribution in [0.5, 0.6) is 0 Å². The highest BCUT2D eigenvalue weighted by Crippen LogP contribution is 2.23. The molecule has 1 saturated heterocycles. The number of hydrogen-bond acceptors (Lipinski definition) is 9. The summed E-state index contributed by atoms with van der Waals surface area (Å²) < 4.78 is 11.2. The standard InChI is InChI=1S/C60H113NO9/c1-3-5-7-9-11-13-15-17-19-21-22-23-24-25-26-27-28-29-30-31-33-35-37-39-41-43-45-47-49-54(64)59(68)61-52(51-69-60-58(67)57(66)56(65)55(50-62)70-60)53(63)48-46-44-42-40-38-36-34-32-20-18-16-14-12-10-8-6-4-2/h22-23,25-26,46,48,52-58,60,62-67H,3-21,24,27-45,47,49-51H2,1-2H3,(H,61,68)/b23-22-,26-25-,48-46+. The number of rotatable bonds is 51. The molecule has 8 unspecified atom stereocenters. The fraction of sp³-hybridized carbons (Fsp3) is 0.883. The molecule has 0 aromatic carbocycles. The van der Waals surface area contributed by atoms with E-state index in [4.69, 9.17) is 9.47 Å². The predicted octanol–water partition coefficient (Wildman–Crippen LogP) is 13.7. The normalized spacial score (nSPS) is 20.0. The molecule has 0 bridgehead atoms. The zero-order valence-corrected chi connectivity index (χ0v) is 45.4. The molecule has 0 spiro atoms. The Morgan fingerprint density at radius 3 is 1.27 bits per heavy atom. The first-order valence-corrected chi connectivity index (χ1v) is 29.8. The van der Waals surface area contributed by atoms with Crippen LogP contribution in [0.15, 0.2) is 36.5 Å². The van der Waals surface area contributed by atoms with Crippen molar-refractivity contribution in [3.8, 4) is 0 Å². The molecule has 8 atom stereocenters. The van der Waals surface area contributed by atoms with Gasteiger partial charge >= 0.3 is 0 Å². The molecule has 0 aromatic rings. The van der Waals surface area contributed by atoms with Gasteiger partial charge in [0.15, 0.2) is 6.29 Å². The maximum Gasteiger partial charge on any atom is 0.249 e. The van der Waals surface area contributed by atoms with Crippen LogP contribution >= 0.6 is 0 Å². The number of allylic oxidation sites excluding steroid dienone is 5. The molecule has 1 rings (SSSR count). The highest BCUT2D eigenvalue weighted by atomic mass is 16.7. The lowest BCUT2D eigenvalue weighted by atomic mass is 9.99. The van der Waals surface area contributed by atoms with E-state index in [1.54, 1.807) is 6.08 Å². The van der Waals surface area contributed by atoms with E-state index in [0.717, 1.165) is 44.9 Å². The van der Waals surface area contributed by atoms with Crippen molar-refractivity contribution >= 4 is 5.91 Å². The van der Waals surface area contributed by atoms with E-state index in [9.17, 15) is 35.4 Å². The lowest BCUT2D eigenvalue weighted by molar-refractivity contribution is -0.302. The number of unbranched alkanes of at least 4 members (excludes halogenated alkanes) is 36.